The van der Waals surface area contributed by atoms with Crippen LogP contribution in [0.25, 0.3) is 0 Å². The van der Waals surface area contributed by atoms with Crippen LogP contribution in [0.15, 0.2) is 73.1 Å². The highest BCUT2D eigenvalue weighted by Gasteiger charge is 2.11. The van der Waals surface area contributed by atoms with Gasteiger partial charge in [0, 0.05) is 18.0 Å². The van der Waals surface area contributed by atoms with Gasteiger partial charge < -0.3 is 5.32 Å². The highest BCUT2D eigenvalue weighted by atomic mass is 16.1. The average Bonchev–Trinajstić information content (AvgIpc) is 3.09. The number of benzene rings is 2. The van der Waals surface area contributed by atoms with Gasteiger partial charge in [0.15, 0.2) is 0 Å². The first-order valence-electron chi connectivity index (χ1n) is 7.64. The van der Waals surface area contributed by atoms with Gasteiger partial charge >= 0.3 is 0 Å². The summed E-state index contributed by atoms with van der Waals surface area (Å²) in [7, 11) is 0. The van der Waals surface area contributed by atoms with Gasteiger partial charge in [-0.2, -0.15) is 5.10 Å². The highest BCUT2D eigenvalue weighted by Crippen LogP contribution is 2.13. The summed E-state index contributed by atoms with van der Waals surface area (Å²) in [6.07, 6.45) is 3.68. The van der Waals surface area contributed by atoms with Crippen LogP contribution < -0.4 is 5.32 Å². The summed E-state index contributed by atoms with van der Waals surface area (Å²) in [5.74, 6) is -0.0630. The first-order chi connectivity index (χ1) is 11.2. The summed E-state index contributed by atoms with van der Waals surface area (Å²) < 4.78 is 1.85. The third-order valence-electron chi connectivity index (χ3n) is 3.77. The molecule has 0 radical (unpaired) electrons. The van der Waals surface area contributed by atoms with E-state index in [1.54, 1.807) is 6.20 Å². The van der Waals surface area contributed by atoms with Crippen molar-refractivity contribution in [2.75, 3.05) is 0 Å². The van der Waals surface area contributed by atoms with Gasteiger partial charge in [0.05, 0.1) is 12.6 Å². The van der Waals surface area contributed by atoms with Crippen LogP contribution in [-0.2, 0) is 6.54 Å². The Kier molecular flexibility index (Phi) is 4.52. The molecule has 0 saturated heterocycles. The lowest BCUT2D eigenvalue weighted by atomic mass is 10.1. The van der Waals surface area contributed by atoms with Crippen LogP contribution >= 0.6 is 0 Å². The molecule has 4 nitrogen and oxygen atoms in total. The van der Waals surface area contributed by atoms with E-state index in [0.717, 1.165) is 11.1 Å². The number of rotatable bonds is 5. The van der Waals surface area contributed by atoms with Crippen LogP contribution in [0, 0.1) is 0 Å². The molecule has 1 N–H and O–H groups in total. The van der Waals surface area contributed by atoms with Gasteiger partial charge in [-0.3, -0.25) is 9.48 Å². The molecule has 1 unspecified atom stereocenters. The fourth-order valence-electron chi connectivity index (χ4n) is 2.45. The molecule has 0 saturated carbocycles. The minimum absolute atomic E-state index is 0.0209. The van der Waals surface area contributed by atoms with Crippen LogP contribution in [0.4, 0.5) is 0 Å². The van der Waals surface area contributed by atoms with Crippen molar-refractivity contribution in [3.05, 3.63) is 89.7 Å². The molecule has 3 rings (SSSR count). The highest BCUT2D eigenvalue weighted by molar-refractivity contribution is 5.94. The Bertz CT molecular complexity index is 749. The van der Waals surface area contributed by atoms with E-state index in [0.29, 0.717) is 12.1 Å². The maximum atomic E-state index is 12.3. The monoisotopic (exact) mass is 305 g/mol. The number of hydrogen-bond acceptors (Lipinski definition) is 2. The maximum absolute atomic E-state index is 12.3. The van der Waals surface area contributed by atoms with Gasteiger partial charge in [-0.05, 0) is 36.2 Å². The Balaban J connectivity index is 1.63. The number of nitrogens with one attached hydrogen (secondary N) is 1. The summed E-state index contributed by atoms with van der Waals surface area (Å²) >= 11 is 0. The summed E-state index contributed by atoms with van der Waals surface area (Å²) in [5, 5.41) is 7.20. The largest absolute Gasteiger partial charge is 0.346 e. The van der Waals surface area contributed by atoms with Crippen molar-refractivity contribution < 1.29 is 4.79 Å². The molecule has 0 bridgehead atoms. The van der Waals surface area contributed by atoms with E-state index in [1.807, 2.05) is 78.5 Å². The van der Waals surface area contributed by atoms with E-state index < -0.39 is 0 Å². The predicted molar refractivity (Wildman–Crippen MR) is 90.1 cm³/mol. The molecular weight excluding hydrogens is 286 g/mol. The zero-order valence-electron chi connectivity index (χ0n) is 13.0. The second kappa shape index (κ2) is 6.92. The topological polar surface area (TPSA) is 46.9 Å². The molecule has 1 amide bonds. The number of nitrogens with zero attached hydrogens (tertiary/aromatic N) is 2. The molecule has 23 heavy (non-hydrogen) atoms. The quantitative estimate of drug-likeness (QED) is 0.785. The smallest absolute Gasteiger partial charge is 0.251 e. The minimum atomic E-state index is -0.0630. The second-order valence-electron chi connectivity index (χ2n) is 5.51. The number of aromatic nitrogens is 2. The lowest BCUT2D eigenvalue weighted by Crippen LogP contribution is -2.26. The van der Waals surface area contributed by atoms with Crippen LogP contribution in [0.3, 0.4) is 0 Å². The standard InChI is InChI=1S/C19H19N3O/c1-15(17-6-3-2-4-7-17)21-19(23)18-10-8-16(9-11-18)14-22-13-5-12-20-22/h2-13,15H,14H2,1H3,(H,21,23). The lowest BCUT2D eigenvalue weighted by Gasteiger charge is -2.14. The minimum Gasteiger partial charge on any atom is -0.346 e. The Morgan fingerprint density at radius 2 is 1.83 bits per heavy atom. The summed E-state index contributed by atoms with van der Waals surface area (Å²) in [5.41, 5.74) is 2.87. The second-order valence-corrected chi connectivity index (χ2v) is 5.51. The summed E-state index contributed by atoms with van der Waals surface area (Å²) in [4.78, 5) is 12.3. The zero-order chi connectivity index (χ0) is 16.1. The molecule has 116 valence electrons. The molecule has 4 heteroatoms. The van der Waals surface area contributed by atoms with Crippen LogP contribution in [0.5, 0.6) is 0 Å². The van der Waals surface area contributed by atoms with Crippen LogP contribution in [-0.4, -0.2) is 15.7 Å². The van der Waals surface area contributed by atoms with Crippen molar-refractivity contribution in [3.63, 3.8) is 0 Å². The van der Waals surface area contributed by atoms with Crippen molar-refractivity contribution in [3.8, 4) is 0 Å². The van der Waals surface area contributed by atoms with Crippen molar-refractivity contribution >= 4 is 5.91 Å². The number of carbonyl (C=O) groups excluding carboxylic acids is 1. The SMILES string of the molecule is CC(NC(=O)c1ccc(Cn2cccn2)cc1)c1ccccc1. The van der Waals surface area contributed by atoms with Gasteiger partial charge in [-0.25, -0.2) is 0 Å². The average molecular weight is 305 g/mol. The van der Waals surface area contributed by atoms with Crippen molar-refractivity contribution in [2.45, 2.75) is 19.5 Å². The van der Waals surface area contributed by atoms with Gasteiger partial charge in [-0.15, -0.1) is 0 Å². The fourth-order valence-corrected chi connectivity index (χ4v) is 2.45. The molecule has 1 heterocycles. The van der Waals surface area contributed by atoms with E-state index in [4.69, 9.17) is 0 Å². The predicted octanol–water partition coefficient (Wildman–Crippen LogP) is 3.42. The van der Waals surface area contributed by atoms with E-state index in [9.17, 15) is 4.79 Å². The molecule has 0 aliphatic carbocycles. The molecule has 2 aromatic carbocycles. The Labute approximate surface area is 135 Å². The Hall–Kier alpha value is -2.88. The lowest BCUT2D eigenvalue weighted by molar-refractivity contribution is 0.0940. The molecule has 0 aliphatic rings. The van der Waals surface area contributed by atoms with E-state index in [2.05, 4.69) is 10.4 Å². The molecule has 1 atom stereocenters. The molecule has 3 aromatic rings. The molecule has 1 aromatic heterocycles. The van der Waals surface area contributed by atoms with Crippen LogP contribution in [0.2, 0.25) is 0 Å². The number of hydrogen-bond donors (Lipinski definition) is 1. The fraction of sp³-hybridized carbons (Fsp3) is 0.158. The number of amides is 1. The van der Waals surface area contributed by atoms with E-state index in [-0.39, 0.29) is 11.9 Å². The van der Waals surface area contributed by atoms with Gasteiger partial charge in [0.25, 0.3) is 5.91 Å². The van der Waals surface area contributed by atoms with Crippen molar-refractivity contribution in [1.82, 2.24) is 15.1 Å². The Morgan fingerprint density at radius 3 is 2.48 bits per heavy atom. The molecular formula is C19H19N3O. The maximum Gasteiger partial charge on any atom is 0.251 e. The van der Waals surface area contributed by atoms with Gasteiger partial charge in [-0.1, -0.05) is 42.5 Å². The zero-order valence-corrected chi connectivity index (χ0v) is 13.0. The Morgan fingerprint density at radius 1 is 1.09 bits per heavy atom. The normalized spacial score (nSPS) is 11.9. The molecule has 0 fully saturated rings. The first-order valence-corrected chi connectivity index (χ1v) is 7.64. The van der Waals surface area contributed by atoms with Gasteiger partial charge in [0.2, 0.25) is 0 Å². The first kappa shape index (κ1) is 15.0. The third-order valence-corrected chi connectivity index (χ3v) is 3.77. The van der Waals surface area contributed by atoms with E-state index >= 15 is 0 Å². The molecule has 0 spiro atoms. The van der Waals surface area contributed by atoms with Crippen LogP contribution in [0.1, 0.15) is 34.5 Å². The van der Waals surface area contributed by atoms with E-state index in [1.165, 1.54) is 0 Å². The number of carbonyl (C=O) groups is 1. The van der Waals surface area contributed by atoms with Crippen molar-refractivity contribution in [2.24, 2.45) is 0 Å². The third kappa shape index (κ3) is 3.86. The molecule has 0 aliphatic heterocycles. The van der Waals surface area contributed by atoms with Crippen molar-refractivity contribution in [1.29, 1.82) is 0 Å². The summed E-state index contributed by atoms with van der Waals surface area (Å²) in [6, 6.07) is 19.4. The summed E-state index contributed by atoms with van der Waals surface area (Å²) in [6.45, 7) is 2.69. The van der Waals surface area contributed by atoms with Gasteiger partial charge in [0.1, 0.15) is 0 Å².